The zero-order chi connectivity index (χ0) is 12.0. The fraction of sp³-hybridized carbons (Fsp3) is 0.0909. The number of aromatic amines is 1. The van der Waals surface area contributed by atoms with Crippen molar-refractivity contribution in [1.29, 1.82) is 0 Å². The molecule has 0 saturated carbocycles. The highest BCUT2D eigenvalue weighted by molar-refractivity contribution is 9.10. The van der Waals surface area contributed by atoms with E-state index in [0.717, 1.165) is 27.0 Å². The van der Waals surface area contributed by atoms with Gasteiger partial charge in [-0.15, -0.1) is 0 Å². The van der Waals surface area contributed by atoms with E-state index >= 15 is 0 Å². The SMILES string of the molecule is Cn1cncc1-c1nc2c(N)cc(Br)cc2[nH]1. The van der Waals surface area contributed by atoms with Crippen molar-refractivity contribution < 1.29 is 0 Å². The number of anilines is 1. The van der Waals surface area contributed by atoms with Crippen molar-refractivity contribution in [3.8, 4) is 11.5 Å². The van der Waals surface area contributed by atoms with Gasteiger partial charge in [0.05, 0.1) is 23.7 Å². The molecule has 2 heterocycles. The first kappa shape index (κ1) is 10.3. The highest BCUT2D eigenvalue weighted by atomic mass is 79.9. The van der Waals surface area contributed by atoms with E-state index in [-0.39, 0.29) is 0 Å². The molecule has 0 aliphatic carbocycles. The van der Waals surface area contributed by atoms with E-state index in [1.807, 2.05) is 23.7 Å². The van der Waals surface area contributed by atoms with Gasteiger partial charge in [0.25, 0.3) is 0 Å². The van der Waals surface area contributed by atoms with Gasteiger partial charge in [0.1, 0.15) is 11.2 Å². The lowest BCUT2D eigenvalue weighted by atomic mass is 10.3. The summed E-state index contributed by atoms with van der Waals surface area (Å²) in [5.74, 6) is 0.768. The van der Waals surface area contributed by atoms with E-state index in [2.05, 4.69) is 30.9 Å². The van der Waals surface area contributed by atoms with Crippen LogP contribution in [0.25, 0.3) is 22.6 Å². The predicted molar refractivity (Wildman–Crippen MR) is 70.4 cm³/mol. The van der Waals surface area contributed by atoms with Gasteiger partial charge in [0, 0.05) is 11.5 Å². The minimum absolute atomic E-state index is 0.652. The fourth-order valence-electron chi connectivity index (χ4n) is 1.81. The van der Waals surface area contributed by atoms with Crippen LogP contribution in [0.5, 0.6) is 0 Å². The van der Waals surface area contributed by atoms with Crippen LogP contribution in [0.15, 0.2) is 29.1 Å². The lowest BCUT2D eigenvalue weighted by Gasteiger charge is -1.95. The molecule has 0 unspecified atom stereocenters. The molecule has 0 saturated heterocycles. The van der Waals surface area contributed by atoms with Crippen molar-refractivity contribution in [3.05, 3.63) is 29.1 Å². The Bertz CT molecular complexity index is 697. The van der Waals surface area contributed by atoms with Crippen LogP contribution >= 0.6 is 15.9 Å². The van der Waals surface area contributed by atoms with Gasteiger partial charge in [-0.25, -0.2) is 9.97 Å². The smallest absolute Gasteiger partial charge is 0.156 e. The summed E-state index contributed by atoms with van der Waals surface area (Å²) in [6.45, 7) is 0. The van der Waals surface area contributed by atoms with Crippen molar-refractivity contribution >= 4 is 32.7 Å². The molecule has 3 rings (SSSR count). The van der Waals surface area contributed by atoms with Crippen LogP contribution in [0, 0.1) is 0 Å². The third-order valence-electron chi connectivity index (χ3n) is 2.64. The van der Waals surface area contributed by atoms with Crippen LogP contribution < -0.4 is 5.73 Å². The van der Waals surface area contributed by atoms with Crippen molar-refractivity contribution in [2.45, 2.75) is 0 Å². The number of imidazole rings is 2. The Labute approximate surface area is 106 Å². The highest BCUT2D eigenvalue weighted by Gasteiger charge is 2.10. The van der Waals surface area contributed by atoms with Crippen molar-refractivity contribution in [3.63, 3.8) is 0 Å². The van der Waals surface area contributed by atoms with Gasteiger partial charge in [-0.2, -0.15) is 0 Å². The van der Waals surface area contributed by atoms with Gasteiger partial charge in [0.2, 0.25) is 0 Å². The Morgan fingerprint density at radius 3 is 2.94 bits per heavy atom. The molecule has 0 amide bonds. The van der Waals surface area contributed by atoms with Gasteiger partial charge in [-0.3, -0.25) is 0 Å². The third-order valence-corrected chi connectivity index (χ3v) is 3.10. The van der Waals surface area contributed by atoms with Crippen molar-refractivity contribution in [2.75, 3.05) is 5.73 Å². The Hall–Kier alpha value is -1.82. The highest BCUT2D eigenvalue weighted by Crippen LogP contribution is 2.27. The lowest BCUT2D eigenvalue weighted by Crippen LogP contribution is -1.90. The number of nitrogens with two attached hydrogens (primary N) is 1. The van der Waals surface area contributed by atoms with Crippen LogP contribution in [-0.2, 0) is 7.05 Å². The van der Waals surface area contributed by atoms with Gasteiger partial charge < -0.3 is 15.3 Å². The number of nitrogens with one attached hydrogen (secondary N) is 1. The largest absolute Gasteiger partial charge is 0.397 e. The summed E-state index contributed by atoms with van der Waals surface area (Å²) < 4.78 is 2.84. The molecule has 5 nitrogen and oxygen atoms in total. The van der Waals surface area contributed by atoms with E-state index in [9.17, 15) is 0 Å². The molecule has 3 aromatic rings. The molecule has 0 spiro atoms. The van der Waals surface area contributed by atoms with E-state index < -0.39 is 0 Å². The number of benzene rings is 1. The minimum atomic E-state index is 0.652. The summed E-state index contributed by atoms with van der Waals surface area (Å²) in [7, 11) is 1.93. The number of aryl methyl sites for hydroxylation is 1. The molecule has 0 aliphatic rings. The summed E-state index contributed by atoms with van der Waals surface area (Å²) in [4.78, 5) is 11.8. The number of hydrogen-bond acceptors (Lipinski definition) is 3. The molecular formula is C11H10BrN5. The number of H-pyrrole nitrogens is 1. The van der Waals surface area contributed by atoms with Crippen LogP contribution in [0.3, 0.4) is 0 Å². The first-order chi connectivity index (χ1) is 8.15. The Kier molecular flexibility index (Phi) is 2.19. The summed E-state index contributed by atoms with van der Waals surface area (Å²) in [6.07, 6.45) is 3.50. The number of aromatic nitrogens is 4. The van der Waals surface area contributed by atoms with E-state index in [1.54, 1.807) is 12.5 Å². The second kappa shape index (κ2) is 3.59. The molecule has 3 N–H and O–H groups in total. The normalized spacial score (nSPS) is 11.2. The van der Waals surface area contributed by atoms with Crippen LogP contribution in [-0.4, -0.2) is 19.5 Å². The van der Waals surface area contributed by atoms with E-state index in [0.29, 0.717) is 5.69 Å². The molecule has 17 heavy (non-hydrogen) atoms. The van der Waals surface area contributed by atoms with Gasteiger partial charge in [0.15, 0.2) is 5.82 Å². The molecule has 0 atom stereocenters. The molecule has 0 radical (unpaired) electrons. The first-order valence-electron chi connectivity index (χ1n) is 5.06. The average Bonchev–Trinajstić information content (AvgIpc) is 2.83. The van der Waals surface area contributed by atoms with Gasteiger partial charge in [-0.05, 0) is 12.1 Å². The van der Waals surface area contributed by atoms with Gasteiger partial charge >= 0.3 is 0 Å². The third kappa shape index (κ3) is 1.61. The number of rotatable bonds is 1. The molecule has 2 aromatic heterocycles. The lowest BCUT2D eigenvalue weighted by molar-refractivity contribution is 0.913. The van der Waals surface area contributed by atoms with E-state index in [1.165, 1.54) is 0 Å². The van der Waals surface area contributed by atoms with Crippen molar-refractivity contribution in [2.24, 2.45) is 7.05 Å². The summed E-state index contributed by atoms with van der Waals surface area (Å²) in [6, 6.07) is 3.80. The summed E-state index contributed by atoms with van der Waals surface area (Å²) >= 11 is 3.41. The van der Waals surface area contributed by atoms with Crippen LogP contribution in [0.2, 0.25) is 0 Å². The quantitative estimate of drug-likeness (QED) is 0.676. The molecule has 6 heteroatoms. The number of nitrogens with zero attached hydrogens (tertiary/aromatic N) is 3. The number of halogens is 1. The monoisotopic (exact) mass is 291 g/mol. The fourth-order valence-corrected chi connectivity index (χ4v) is 2.29. The maximum Gasteiger partial charge on any atom is 0.156 e. The number of hydrogen-bond donors (Lipinski definition) is 2. The van der Waals surface area contributed by atoms with Crippen molar-refractivity contribution in [1.82, 2.24) is 19.5 Å². The molecule has 0 aliphatic heterocycles. The summed E-state index contributed by atoms with van der Waals surface area (Å²) in [5, 5.41) is 0. The molecule has 0 bridgehead atoms. The molecular weight excluding hydrogens is 282 g/mol. The minimum Gasteiger partial charge on any atom is -0.397 e. The predicted octanol–water partition coefficient (Wildman–Crippen LogP) is 2.31. The zero-order valence-electron chi connectivity index (χ0n) is 9.11. The standard InChI is InChI=1S/C11H10BrN5/c1-17-5-14-4-9(17)11-15-8-3-6(12)2-7(13)10(8)16-11/h2-5H,13H2,1H3,(H,15,16). The molecule has 0 fully saturated rings. The average molecular weight is 292 g/mol. The van der Waals surface area contributed by atoms with E-state index in [4.69, 9.17) is 5.73 Å². The second-order valence-corrected chi connectivity index (χ2v) is 4.78. The van der Waals surface area contributed by atoms with Gasteiger partial charge in [-0.1, -0.05) is 15.9 Å². The van der Waals surface area contributed by atoms with Crippen LogP contribution in [0.4, 0.5) is 5.69 Å². The van der Waals surface area contributed by atoms with Crippen LogP contribution in [0.1, 0.15) is 0 Å². The molecule has 86 valence electrons. The maximum atomic E-state index is 5.93. The Morgan fingerprint density at radius 2 is 2.24 bits per heavy atom. The Morgan fingerprint density at radius 1 is 1.41 bits per heavy atom. The first-order valence-corrected chi connectivity index (χ1v) is 5.86. The number of fused-ring (bicyclic) bond motifs is 1. The zero-order valence-corrected chi connectivity index (χ0v) is 10.7. The molecule has 1 aromatic carbocycles. The maximum absolute atomic E-state index is 5.93. The topological polar surface area (TPSA) is 72.5 Å². The second-order valence-electron chi connectivity index (χ2n) is 3.87. The number of nitrogen functional groups attached to an aromatic ring is 1. The Balaban J connectivity index is 2.27. The summed E-state index contributed by atoms with van der Waals surface area (Å²) in [5.41, 5.74) is 9.20.